The Labute approximate surface area is 147 Å². The molecule has 0 bridgehead atoms. The quantitative estimate of drug-likeness (QED) is 0.649. The van der Waals surface area contributed by atoms with Crippen LogP contribution in [0.1, 0.15) is 11.1 Å². The maximum atomic E-state index is 11.3. The van der Waals surface area contributed by atoms with Crippen LogP contribution in [0.3, 0.4) is 0 Å². The van der Waals surface area contributed by atoms with Crippen molar-refractivity contribution < 1.29 is 8.42 Å². The third-order valence-corrected chi connectivity index (χ3v) is 4.34. The van der Waals surface area contributed by atoms with Gasteiger partial charge in [0.25, 0.3) is 0 Å². The number of sulfonamides is 1. The molecular formula is C18H20N4O2S. The van der Waals surface area contributed by atoms with Gasteiger partial charge in [0.2, 0.25) is 10.0 Å². The van der Waals surface area contributed by atoms with Crippen molar-refractivity contribution in [1.82, 2.24) is 10.2 Å². The fraction of sp³-hybridized carbons (Fsp3) is 0.167. The molecule has 0 saturated carbocycles. The van der Waals surface area contributed by atoms with Crippen LogP contribution in [0.4, 0.5) is 17.2 Å². The summed E-state index contributed by atoms with van der Waals surface area (Å²) in [6, 6.07) is 15.5. The summed E-state index contributed by atoms with van der Waals surface area (Å²) < 4.78 is 25.1. The van der Waals surface area contributed by atoms with Gasteiger partial charge in [0, 0.05) is 17.4 Å². The Hall–Kier alpha value is -2.80. The average molecular weight is 356 g/mol. The summed E-state index contributed by atoms with van der Waals surface area (Å²) in [5, 5.41) is 10.5. The minimum Gasteiger partial charge on any atom is -0.339 e. The molecular weight excluding hydrogens is 336 g/mol. The molecule has 1 heterocycles. The van der Waals surface area contributed by atoms with Gasteiger partial charge in [-0.15, -0.1) is 0 Å². The number of benzene rings is 2. The van der Waals surface area contributed by atoms with Crippen molar-refractivity contribution in [3.8, 4) is 11.3 Å². The normalized spacial score (nSPS) is 11.3. The maximum absolute atomic E-state index is 11.3. The van der Waals surface area contributed by atoms with Gasteiger partial charge in [0.15, 0.2) is 5.82 Å². The lowest BCUT2D eigenvalue weighted by Gasteiger charge is -2.10. The first-order valence-electron chi connectivity index (χ1n) is 7.78. The Morgan fingerprint density at radius 2 is 1.72 bits per heavy atom. The second-order valence-electron chi connectivity index (χ2n) is 6.06. The molecule has 130 valence electrons. The van der Waals surface area contributed by atoms with Gasteiger partial charge in [-0.1, -0.05) is 29.8 Å². The number of aryl methyl sites for hydroxylation is 2. The third-order valence-electron chi connectivity index (χ3n) is 3.73. The first-order valence-corrected chi connectivity index (χ1v) is 9.67. The summed E-state index contributed by atoms with van der Waals surface area (Å²) in [6.45, 7) is 3.96. The van der Waals surface area contributed by atoms with E-state index in [1.807, 2.05) is 31.2 Å². The van der Waals surface area contributed by atoms with Gasteiger partial charge in [-0.3, -0.25) is 9.82 Å². The van der Waals surface area contributed by atoms with Crippen LogP contribution in [0.15, 0.2) is 48.5 Å². The zero-order valence-corrected chi connectivity index (χ0v) is 15.1. The van der Waals surface area contributed by atoms with Gasteiger partial charge in [0.1, 0.15) is 0 Å². The molecule has 0 atom stereocenters. The monoisotopic (exact) mass is 356 g/mol. The summed E-state index contributed by atoms with van der Waals surface area (Å²) in [5.41, 5.74) is 5.51. The zero-order chi connectivity index (χ0) is 18.0. The largest absolute Gasteiger partial charge is 0.339 e. The van der Waals surface area contributed by atoms with Crippen LogP contribution in [-0.4, -0.2) is 24.9 Å². The molecule has 6 nitrogen and oxygen atoms in total. The number of H-pyrrole nitrogens is 1. The van der Waals surface area contributed by atoms with E-state index in [2.05, 4.69) is 39.3 Å². The molecule has 0 unspecified atom stereocenters. The molecule has 0 aliphatic rings. The molecule has 0 saturated heterocycles. The van der Waals surface area contributed by atoms with Gasteiger partial charge in [-0.2, -0.15) is 5.10 Å². The van der Waals surface area contributed by atoms with Crippen molar-refractivity contribution in [3.63, 3.8) is 0 Å². The van der Waals surface area contributed by atoms with Gasteiger partial charge in [-0.05, 0) is 43.2 Å². The van der Waals surface area contributed by atoms with Crippen molar-refractivity contribution in [2.75, 3.05) is 16.3 Å². The number of nitrogens with zero attached hydrogens (tertiary/aromatic N) is 1. The summed E-state index contributed by atoms with van der Waals surface area (Å²) in [4.78, 5) is 0. The molecule has 0 fully saturated rings. The molecule has 7 heteroatoms. The van der Waals surface area contributed by atoms with E-state index in [-0.39, 0.29) is 0 Å². The van der Waals surface area contributed by atoms with Gasteiger partial charge >= 0.3 is 0 Å². The van der Waals surface area contributed by atoms with Crippen LogP contribution in [-0.2, 0) is 10.0 Å². The molecule has 3 aromatic rings. The average Bonchev–Trinajstić information content (AvgIpc) is 2.98. The van der Waals surface area contributed by atoms with Crippen LogP contribution in [0, 0.1) is 13.8 Å². The van der Waals surface area contributed by atoms with E-state index >= 15 is 0 Å². The number of anilines is 3. The third kappa shape index (κ3) is 4.39. The Balaban J connectivity index is 1.78. The fourth-order valence-corrected chi connectivity index (χ4v) is 3.04. The SMILES string of the molecule is Cc1ccc(-c2cc(Nc3ccc(NS(C)(=O)=O)cc3C)n[nH]2)cc1. The molecule has 0 spiro atoms. The minimum absolute atomic E-state index is 0.535. The summed E-state index contributed by atoms with van der Waals surface area (Å²) in [6.07, 6.45) is 1.13. The van der Waals surface area contributed by atoms with Crippen molar-refractivity contribution >= 4 is 27.2 Å². The van der Waals surface area contributed by atoms with Crippen molar-refractivity contribution in [1.29, 1.82) is 0 Å². The number of nitrogens with one attached hydrogen (secondary N) is 3. The first kappa shape index (κ1) is 17.0. The maximum Gasteiger partial charge on any atom is 0.229 e. The minimum atomic E-state index is -3.28. The lowest BCUT2D eigenvalue weighted by molar-refractivity contribution is 0.607. The van der Waals surface area contributed by atoms with E-state index in [1.54, 1.807) is 12.1 Å². The Morgan fingerprint density at radius 1 is 1.00 bits per heavy atom. The highest BCUT2D eigenvalue weighted by molar-refractivity contribution is 7.92. The second-order valence-corrected chi connectivity index (χ2v) is 7.81. The van der Waals surface area contributed by atoms with Gasteiger partial charge in [0.05, 0.1) is 11.9 Å². The summed E-state index contributed by atoms with van der Waals surface area (Å²) >= 11 is 0. The van der Waals surface area contributed by atoms with Crippen molar-refractivity contribution in [3.05, 3.63) is 59.7 Å². The number of aromatic amines is 1. The lowest BCUT2D eigenvalue weighted by Crippen LogP contribution is -2.09. The molecule has 1 aromatic heterocycles. The Morgan fingerprint density at radius 3 is 2.36 bits per heavy atom. The van der Waals surface area contributed by atoms with Crippen LogP contribution < -0.4 is 10.0 Å². The molecule has 3 rings (SSSR count). The standard InChI is InChI=1S/C18H20N4O2S/c1-12-4-6-14(7-5-12)17-11-18(21-20-17)19-16-9-8-15(10-13(16)2)22-25(3,23)24/h4-11,22H,1-3H3,(H2,19,20,21). The number of aromatic nitrogens is 2. The highest BCUT2D eigenvalue weighted by Crippen LogP contribution is 2.26. The van der Waals surface area contributed by atoms with E-state index < -0.39 is 10.0 Å². The molecule has 0 aliphatic carbocycles. The van der Waals surface area contributed by atoms with E-state index in [4.69, 9.17) is 0 Å². The van der Waals surface area contributed by atoms with Crippen molar-refractivity contribution in [2.45, 2.75) is 13.8 Å². The lowest BCUT2D eigenvalue weighted by atomic mass is 10.1. The fourth-order valence-electron chi connectivity index (χ4n) is 2.49. The Kier molecular flexibility index (Phi) is 4.50. The van der Waals surface area contributed by atoms with Crippen LogP contribution in [0.5, 0.6) is 0 Å². The van der Waals surface area contributed by atoms with Gasteiger partial charge < -0.3 is 5.32 Å². The van der Waals surface area contributed by atoms with E-state index in [9.17, 15) is 8.42 Å². The highest BCUT2D eigenvalue weighted by Gasteiger charge is 2.07. The Bertz CT molecular complexity index is 992. The van der Waals surface area contributed by atoms with E-state index in [0.29, 0.717) is 11.5 Å². The molecule has 0 amide bonds. The predicted octanol–water partition coefficient (Wildman–Crippen LogP) is 3.81. The molecule has 0 aliphatic heterocycles. The smallest absolute Gasteiger partial charge is 0.229 e. The van der Waals surface area contributed by atoms with Gasteiger partial charge in [-0.25, -0.2) is 8.42 Å². The van der Waals surface area contributed by atoms with E-state index in [1.165, 1.54) is 5.56 Å². The number of rotatable bonds is 5. The molecule has 25 heavy (non-hydrogen) atoms. The van der Waals surface area contributed by atoms with E-state index in [0.717, 1.165) is 28.8 Å². The number of hydrogen-bond donors (Lipinski definition) is 3. The predicted molar refractivity (Wildman–Crippen MR) is 102 cm³/mol. The topological polar surface area (TPSA) is 86.9 Å². The summed E-state index contributed by atoms with van der Waals surface area (Å²) in [7, 11) is -3.28. The molecule has 0 radical (unpaired) electrons. The van der Waals surface area contributed by atoms with Crippen LogP contribution >= 0.6 is 0 Å². The van der Waals surface area contributed by atoms with Crippen molar-refractivity contribution in [2.24, 2.45) is 0 Å². The zero-order valence-electron chi connectivity index (χ0n) is 14.3. The first-order chi connectivity index (χ1) is 11.8. The summed E-state index contributed by atoms with van der Waals surface area (Å²) in [5.74, 6) is 0.697. The number of hydrogen-bond acceptors (Lipinski definition) is 4. The van der Waals surface area contributed by atoms with Crippen LogP contribution in [0.2, 0.25) is 0 Å². The highest BCUT2D eigenvalue weighted by atomic mass is 32.2. The van der Waals surface area contributed by atoms with Crippen LogP contribution in [0.25, 0.3) is 11.3 Å². The second kappa shape index (κ2) is 6.60. The molecule has 2 aromatic carbocycles. The molecule has 3 N–H and O–H groups in total.